The van der Waals surface area contributed by atoms with Crippen LogP contribution in [-0.2, 0) is 34.2 Å². The Morgan fingerprint density at radius 2 is 1.80 bits per heavy atom. The normalized spacial score (nSPS) is 12.9. The molecule has 2 amide bonds. The summed E-state index contributed by atoms with van der Waals surface area (Å²) in [6, 6.07) is 10.1. The zero-order valence-electron chi connectivity index (χ0n) is 24.7. The lowest BCUT2D eigenvalue weighted by atomic mass is 10.1. The lowest BCUT2D eigenvalue weighted by Gasteiger charge is -2.32. The minimum Gasteiger partial charge on any atom is -0.447 e. The smallest absolute Gasteiger partial charge is 0.447 e. The molecular weight excluding hydrogens is 641 g/mol. The van der Waals surface area contributed by atoms with Gasteiger partial charge in [-0.15, -0.1) is 0 Å². The number of hydrogen-bond acceptors (Lipinski definition) is 11. The third kappa shape index (κ3) is 11.2. The molecule has 2 unspecified atom stereocenters. The highest BCUT2D eigenvalue weighted by atomic mass is 35.5. The number of aliphatic hydroxyl groups excluding tert-OH is 1. The Bertz CT molecular complexity index is 1470. The van der Waals surface area contributed by atoms with Gasteiger partial charge in [0, 0.05) is 31.5 Å². The molecule has 1 heterocycles. The lowest BCUT2D eigenvalue weighted by Crippen LogP contribution is -2.52. The molecular formula is C28H34ClF2N4O9P. The van der Waals surface area contributed by atoms with E-state index < -0.39 is 56.8 Å². The summed E-state index contributed by atoms with van der Waals surface area (Å²) in [5, 5.41) is 17.8. The fourth-order valence-corrected chi connectivity index (χ4v) is 5.42. The van der Waals surface area contributed by atoms with E-state index >= 15 is 0 Å². The molecule has 0 fully saturated rings. The number of halogens is 3. The Morgan fingerprint density at radius 3 is 2.47 bits per heavy atom. The number of nitrogens with zero attached hydrogens (tertiary/aromatic N) is 2. The molecule has 17 heteroatoms. The first-order chi connectivity index (χ1) is 21.4. The van der Waals surface area contributed by atoms with Crippen molar-refractivity contribution in [2.75, 3.05) is 31.7 Å². The van der Waals surface area contributed by atoms with Gasteiger partial charge in [-0.1, -0.05) is 41.0 Å². The Balaban J connectivity index is 1.72. The number of anilines is 1. The molecule has 0 saturated heterocycles. The Morgan fingerprint density at radius 1 is 1.09 bits per heavy atom. The van der Waals surface area contributed by atoms with Crippen molar-refractivity contribution in [1.29, 1.82) is 0 Å². The van der Waals surface area contributed by atoms with Gasteiger partial charge < -0.3 is 14.4 Å². The number of carbonyl (C=O) groups is 2. The zero-order chi connectivity index (χ0) is 33.0. The van der Waals surface area contributed by atoms with Crippen LogP contribution in [-0.4, -0.2) is 65.8 Å². The topological polar surface area (TPSA) is 162 Å². The van der Waals surface area contributed by atoms with E-state index in [-0.39, 0.29) is 42.8 Å². The van der Waals surface area contributed by atoms with Crippen LogP contribution in [0, 0.1) is 11.6 Å². The van der Waals surface area contributed by atoms with E-state index in [0.29, 0.717) is 11.1 Å². The minimum absolute atomic E-state index is 0.0267. The lowest BCUT2D eigenvalue weighted by molar-refractivity contribution is -0.137. The highest BCUT2D eigenvalue weighted by molar-refractivity contribution is 7.48. The van der Waals surface area contributed by atoms with Gasteiger partial charge in [-0.05, 0) is 37.6 Å². The Kier molecular flexibility index (Phi) is 13.9. The summed E-state index contributed by atoms with van der Waals surface area (Å²) < 4.78 is 66.0. The number of carbonyl (C=O) groups excluding carboxylic acids is 2. The van der Waals surface area contributed by atoms with Crippen LogP contribution in [0.25, 0.3) is 11.3 Å². The highest BCUT2D eigenvalue weighted by Crippen LogP contribution is 2.49. The molecule has 2 aromatic carbocycles. The van der Waals surface area contributed by atoms with Gasteiger partial charge in [0.1, 0.15) is 18.2 Å². The largest absolute Gasteiger partial charge is 0.474 e. The molecule has 0 radical (unpaired) electrons. The van der Waals surface area contributed by atoms with Gasteiger partial charge in [0.25, 0.3) is 0 Å². The van der Waals surface area contributed by atoms with Crippen molar-refractivity contribution in [3.63, 3.8) is 0 Å². The van der Waals surface area contributed by atoms with Crippen LogP contribution in [0.4, 0.5) is 19.4 Å². The van der Waals surface area contributed by atoms with Crippen molar-refractivity contribution in [1.82, 2.24) is 15.6 Å². The van der Waals surface area contributed by atoms with E-state index in [2.05, 4.69) is 15.9 Å². The Hall–Kier alpha value is -3.43. The van der Waals surface area contributed by atoms with E-state index in [1.54, 1.807) is 26.0 Å². The molecule has 3 rings (SSSR count). The third-order valence-corrected chi connectivity index (χ3v) is 8.01. The molecule has 2 atom stereocenters. The Labute approximate surface area is 263 Å². The van der Waals surface area contributed by atoms with Crippen molar-refractivity contribution in [2.24, 2.45) is 0 Å². The predicted octanol–water partition coefficient (Wildman–Crippen LogP) is 5.69. The molecule has 0 aliphatic rings. The molecule has 0 saturated carbocycles. The standard InChI is InChI=1S/C28H34ClF2N4O9P/c1-4-41-45(39,42-5-2)43-17-23(37)13-22(35(18(3)36)32-15-20-9-7-11-24(31)27(20)29)16-40-28(38)33-26-14-25(44-34-26)19-8-6-10-21(30)12-19/h6-12,14,22-23,32,37H,4-5,13,15-17H2,1-3H3,(H,33,34,38). The van der Waals surface area contributed by atoms with Crippen molar-refractivity contribution in [3.05, 3.63) is 70.8 Å². The fourth-order valence-electron chi connectivity index (χ4n) is 4.01. The van der Waals surface area contributed by atoms with Crippen molar-refractivity contribution < 1.29 is 50.9 Å². The first-order valence-corrected chi connectivity index (χ1v) is 15.6. The van der Waals surface area contributed by atoms with Gasteiger partial charge >= 0.3 is 13.9 Å². The first-order valence-electron chi connectivity index (χ1n) is 13.8. The SMILES string of the molecule is CCOP(=O)(OCC)OCC(O)CC(COC(=O)Nc1cc(-c2cccc(F)c2)on1)N(NCc1cccc(F)c1Cl)C(C)=O. The number of benzene rings is 2. The van der Waals surface area contributed by atoms with Crippen molar-refractivity contribution in [2.45, 2.75) is 45.9 Å². The number of phosphoric acid groups is 1. The molecule has 13 nitrogen and oxygen atoms in total. The van der Waals surface area contributed by atoms with Gasteiger partial charge in [-0.25, -0.2) is 23.6 Å². The molecule has 246 valence electrons. The maximum Gasteiger partial charge on any atom is 0.474 e. The van der Waals surface area contributed by atoms with Crippen LogP contribution in [0.1, 0.15) is 32.8 Å². The number of rotatable bonds is 17. The number of aliphatic hydroxyl groups is 1. The molecule has 3 aromatic rings. The summed E-state index contributed by atoms with van der Waals surface area (Å²) in [5.41, 5.74) is 3.55. The quantitative estimate of drug-likeness (QED) is 0.119. The average molecular weight is 675 g/mol. The summed E-state index contributed by atoms with van der Waals surface area (Å²) in [6.45, 7) is 3.38. The number of phosphoric ester groups is 1. The van der Waals surface area contributed by atoms with Gasteiger partial charge in [-0.3, -0.25) is 28.7 Å². The summed E-state index contributed by atoms with van der Waals surface area (Å²) in [5.74, 6) is -1.54. The number of hydrazine groups is 1. The summed E-state index contributed by atoms with van der Waals surface area (Å²) in [7, 11) is -3.95. The number of ether oxygens (including phenoxy) is 1. The van der Waals surface area contributed by atoms with E-state index in [9.17, 15) is 28.0 Å². The van der Waals surface area contributed by atoms with Gasteiger partial charge in [0.2, 0.25) is 5.91 Å². The van der Waals surface area contributed by atoms with Crippen molar-refractivity contribution >= 4 is 37.2 Å². The van der Waals surface area contributed by atoms with Crippen LogP contribution in [0.15, 0.2) is 53.1 Å². The number of amides is 2. The summed E-state index contributed by atoms with van der Waals surface area (Å²) >= 11 is 6.05. The molecule has 3 N–H and O–H groups in total. The monoisotopic (exact) mass is 674 g/mol. The van der Waals surface area contributed by atoms with Gasteiger partial charge in [-0.2, -0.15) is 0 Å². The maximum absolute atomic E-state index is 14.0. The number of nitrogens with one attached hydrogen (secondary N) is 2. The van der Waals surface area contributed by atoms with Crippen LogP contribution < -0.4 is 10.7 Å². The average Bonchev–Trinajstić information content (AvgIpc) is 3.45. The predicted molar refractivity (Wildman–Crippen MR) is 159 cm³/mol. The summed E-state index contributed by atoms with van der Waals surface area (Å²) in [4.78, 5) is 25.3. The van der Waals surface area contributed by atoms with Crippen LogP contribution >= 0.6 is 19.4 Å². The van der Waals surface area contributed by atoms with Crippen LogP contribution in [0.3, 0.4) is 0 Å². The second kappa shape index (κ2) is 17.3. The molecule has 45 heavy (non-hydrogen) atoms. The van der Waals surface area contributed by atoms with E-state index in [1.165, 1.54) is 43.3 Å². The van der Waals surface area contributed by atoms with Crippen LogP contribution in [0.5, 0.6) is 0 Å². The van der Waals surface area contributed by atoms with Crippen LogP contribution in [0.2, 0.25) is 5.02 Å². The molecule has 0 spiro atoms. The van der Waals surface area contributed by atoms with E-state index in [4.69, 9.17) is 34.4 Å². The second-order valence-corrected chi connectivity index (χ2v) is 11.4. The summed E-state index contributed by atoms with van der Waals surface area (Å²) in [6.07, 6.45) is -2.58. The van der Waals surface area contributed by atoms with Gasteiger partial charge in [0.05, 0.1) is 37.0 Å². The van der Waals surface area contributed by atoms with Crippen molar-refractivity contribution in [3.8, 4) is 11.3 Å². The molecule has 0 aliphatic heterocycles. The maximum atomic E-state index is 14.0. The minimum atomic E-state index is -3.95. The highest BCUT2D eigenvalue weighted by Gasteiger charge is 2.30. The third-order valence-electron chi connectivity index (χ3n) is 5.98. The molecule has 0 aliphatic carbocycles. The second-order valence-electron chi connectivity index (χ2n) is 9.37. The zero-order valence-corrected chi connectivity index (χ0v) is 26.4. The number of aromatic nitrogens is 1. The first kappa shape index (κ1) is 36.0. The molecule has 0 bridgehead atoms. The fraction of sp³-hybridized carbons (Fsp3) is 0.393. The number of hydrogen-bond donors (Lipinski definition) is 3. The van der Waals surface area contributed by atoms with E-state index in [1.807, 2.05) is 0 Å². The van der Waals surface area contributed by atoms with E-state index in [0.717, 1.165) is 5.01 Å². The molecule has 1 aromatic heterocycles. The van der Waals surface area contributed by atoms with Gasteiger partial charge in [0.15, 0.2) is 11.6 Å².